The van der Waals surface area contributed by atoms with Crippen molar-refractivity contribution in [1.82, 2.24) is 14.9 Å². The predicted octanol–water partition coefficient (Wildman–Crippen LogP) is 2.93. The third-order valence-electron chi connectivity index (χ3n) is 4.03. The average Bonchev–Trinajstić information content (AvgIpc) is 2.65. The Hall–Kier alpha value is -2.80. The lowest BCUT2D eigenvalue weighted by Crippen LogP contribution is -2.24. The van der Waals surface area contributed by atoms with Crippen LogP contribution in [-0.4, -0.2) is 34.9 Å². The van der Waals surface area contributed by atoms with Gasteiger partial charge in [-0.2, -0.15) is 0 Å². The van der Waals surface area contributed by atoms with Gasteiger partial charge in [-0.25, -0.2) is 4.98 Å². The fraction of sp³-hybridized carbons (Fsp3) is 0.250. The summed E-state index contributed by atoms with van der Waals surface area (Å²) in [6, 6.07) is 13.0. The van der Waals surface area contributed by atoms with Gasteiger partial charge in [-0.05, 0) is 36.8 Å². The van der Waals surface area contributed by atoms with Crippen LogP contribution in [0.15, 0.2) is 52.4 Å². The van der Waals surface area contributed by atoms with Crippen molar-refractivity contribution in [2.45, 2.75) is 19.0 Å². The Morgan fingerprint density at radius 1 is 1.26 bits per heavy atom. The van der Waals surface area contributed by atoms with Gasteiger partial charge in [0.2, 0.25) is 5.91 Å². The van der Waals surface area contributed by atoms with E-state index in [2.05, 4.69) is 5.32 Å². The minimum atomic E-state index is -0.147. The molecule has 0 unspecified atom stereocenters. The van der Waals surface area contributed by atoms with Crippen LogP contribution >= 0.6 is 11.8 Å². The van der Waals surface area contributed by atoms with Crippen molar-refractivity contribution >= 4 is 28.6 Å². The number of rotatable bonds is 6. The molecule has 0 bridgehead atoms. The van der Waals surface area contributed by atoms with Gasteiger partial charge in [0.15, 0.2) is 5.16 Å². The largest absolute Gasteiger partial charge is 0.495 e. The van der Waals surface area contributed by atoms with E-state index in [9.17, 15) is 9.59 Å². The molecular weight excluding hydrogens is 362 g/mol. The molecule has 6 nitrogen and oxygen atoms in total. The topological polar surface area (TPSA) is 73.2 Å². The number of para-hydroxylation sites is 1. The van der Waals surface area contributed by atoms with Crippen molar-refractivity contribution in [2.24, 2.45) is 0 Å². The number of ether oxygens (including phenoxy) is 1. The van der Waals surface area contributed by atoms with E-state index < -0.39 is 0 Å². The van der Waals surface area contributed by atoms with Crippen LogP contribution in [0.3, 0.4) is 0 Å². The Morgan fingerprint density at radius 2 is 2.04 bits per heavy atom. The minimum absolute atomic E-state index is 0.0835. The molecule has 3 aromatic rings. The van der Waals surface area contributed by atoms with Gasteiger partial charge in [0.25, 0.3) is 5.56 Å². The first-order valence-corrected chi connectivity index (χ1v) is 9.54. The van der Waals surface area contributed by atoms with Gasteiger partial charge in [0.1, 0.15) is 5.75 Å². The first kappa shape index (κ1) is 19.0. The highest BCUT2D eigenvalue weighted by molar-refractivity contribution is 7.99. The smallest absolute Gasteiger partial charge is 0.266 e. The van der Waals surface area contributed by atoms with Gasteiger partial charge >= 0.3 is 0 Å². The van der Waals surface area contributed by atoms with E-state index in [1.54, 1.807) is 17.7 Å². The maximum atomic E-state index is 13.3. The number of carbonyl (C=O) groups is 1. The van der Waals surface area contributed by atoms with Gasteiger partial charge in [-0.1, -0.05) is 30.0 Å². The zero-order valence-corrected chi connectivity index (χ0v) is 16.3. The molecule has 140 valence electrons. The van der Waals surface area contributed by atoms with Crippen LogP contribution in [0, 0.1) is 6.92 Å². The van der Waals surface area contributed by atoms with Crippen molar-refractivity contribution in [3.8, 4) is 11.4 Å². The molecule has 0 radical (unpaired) electrons. The number of nitrogens with one attached hydrogen (secondary N) is 1. The number of fused-ring (bicyclic) bond motifs is 1. The number of thioether (sulfide) groups is 1. The third kappa shape index (κ3) is 4.14. The molecule has 1 amide bonds. The molecule has 0 aliphatic carbocycles. The standard InChI is InChI=1S/C20H21N3O3S/c1-13-8-9-18(26-3)17(12-13)23-19(25)15-6-4-5-7-16(15)22-20(23)27-11-10-21-14(2)24/h4-9,12H,10-11H2,1-3H3,(H,21,24). The zero-order chi connectivity index (χ0) is 19.4. The van der Waals surface area contributed by atoms with E-state index in [0.29, 0.717) is 39.8 Å². The minimum Gasteiger partial charge on any atom is -0.495 e. The van der Waals surface area contributed by atoms with E-state index in [1.165, 1.54) is 18.7 Å². The summed E-state index contributed by atoms with van der Waals surface area (Å²) in [4.78, 5) is 29.0. The number of hydrogen-bond acceptors (Lipinski definition) is 5. The van der Waals surface area contributed by atoms with Crippen LogP contribution in [-0.2, 0) is 4.79 Å². The van der Waals surface area contributed by atoms with Crippen LogP contribution in [0.4, 0.5) is 0 Å². The summed E-state index contributed by atoms with van der Waals surface area (Å²) in [5, 5.41) is 3.87. The number of amides is 1. The Morgan fingerprint density at radius 3 is 2.78 bits per heavy atom. The first-order chi connectivity index (χ1) is 13.0. The van der Waals surface area contributed by atoms with Gasteiger partial charge in [0.05, 0.1) is 23.7 Å². The molecule has 1 heterocycles. The first-order valence-electron chi connectivity index (χ1n) is 8.55. The molecule has 1 N–H and O–H groups in total. The summed E-state index contributed by atoms with van der Waals surface area (Å²) < 4.78 is 7.07. The lowest BCUT2D eigenvalue weighted by atomic mass is 10.2. The number of benzene rings is 2. The van der Waals surface area contributed by atoms with E-state index in [4.69, 9.17) is 9.72 Å². The maximum Gasteiger partial charge on any atom is 0.266 e. The normalized spacial score (nSPS) is 10.8. The monoisotopic (exact) mass is 383 g/mol. The highest BCUT2D eigenvalue weighted by Gasteiger charge is 2.16. The number of aryl methyl sites for hydroxylation is 1. The molecule has 0 atom stereocenters. The summed E-state index contributed by atoms with van der Waals surface area (Å²) >= 11 is 1.42. The highest BCUT2D eigenvalue weighted by atomic mass is 32.2. The Bertz CT molecular complexity index is 1050. The Labute approximate surface area is 161 Å². The number of methoxy groups -OCH3 is 1. The van der Waals surface area contributed by atoms with Gasteiger partial charge < -0.3 is 10.1 Å². The van der Waals surface area contributed by atoms with Crippen LogP contribution < -0.4 is 15.6 Å². The summed E-state index contributed by atoms with van der Waals surface area (Å²) in [6.07, 6.45) is 0. The zero-order valence-electron chi connectivity index (χ0n) is 15.5. The van der Waals surface area contributed by atoms with Crippen molar-refractivity contribution in [1.29, 1.82) is 0 Å². The Balaban J connectivity index is 2.15. The van der Waals surface area contributed by atoms with Crippen LogP contribution in [0.25, 0.3) is 16.6 Å². The number of aromatic nitrogens is 2. The van der Waals surface area contributed by atoms with Crippen LogP contribution in [0.5, 0.6) is 5.75 Å². The molecule has 0 aliphatic heterocycles. The second kappa shape index (κ2) is 8.26. The van der Waals surface area contributed by atoms with Crippen molar-refractivity contribution in [3.63, 3.8) is 0 Å². The maximum absolute atomic E-state index is 13.3. The molecule has 27 heavy (non-hydrogen) atoms. The molecule has 0 aliphatic rings. The molecule has 3 rings (SSSR count). The second-order valence-electron chi connectivity index (χ2n) is 6.06. The SMILES string of the molecule is COc1ccc(C)cc1-n1c(SCCNC(C)=O)nc2ccccc2c1=O. The highest BCUT2D eigenvalue weighted by Crippen LogP contribution is 2.28. The fourth-order valence-electron chi connectivity index (χ4n) is 2.77. The summed E-state index contributed by atoms with van der Waals surface area (Å²) in [5.41, 5.74) is 2.17. The molecule has 7 heteroatoms. The van der Waals surface area contributed by atoms with Crippen LogP contribution in [0.2, 0.25) is 0 Å². The summed E-state index contributed by atoms with van der Waals surface area (Å²) in [6.45, 7) is 3.94. The van der Waals surface area contributed by atoms with Gasteiger partial charge in [-0.15, -0.1) is 0 Å². The van der Waals surface area contributed by atoms with E-state index in [-0.39, 0.29) is 11.5 Å². The summed E-state index contributed by atoms with van der Waals surface area (Å²) in [7, 11) is 1.58. The molecule has 0 saturated carbocycles. The number of hydrogen-bond donors (Lipinski definition) is 1. The lowest BCUT2D eigenvalue weighted by Gasteiger charge is -2.16. The van der Waals surface area contributed by atoms with Gasteiger partial charge in [-0.3, -0.25) is 14.2 Å². The average molecular weight is 383 g/mol. The van der Waals surface area contributed by atoms with E-state index in [1.807, 2.05) is 43.3 Å². The fourth-order valence-corrected chi connectivity index (χ4v) is 3.63. The van der Waals surface area contributed by atoms with E-state index in [0.717, 1.165) is 5.56 Å². The van der Waals surface area contributed by atoms with E-state index >= 15 is 0 Å². The van der Waals surface area contributed by atoms with Crippen LogP contribution in [0.1, 0.15) is 12.5 Å². The Kier molecular flexibility index (Phi) is 5.81. The third-order valence-corrected chi connectivity index (χ3v) is 4.97. The van der Waals surface area contributed by atoms with Gasteiger partial charge in [0, 0.05) is 19.2 Å². The molecule has 0 spiro atoms. The molecule has 1 aromatic heterocycles. The summed E-state index contributed by atoms with van der Waals surface area (Å²) in [5.74, 6) is 1.11. The number of carbonyl (C=O) groups excluding carboxylic acids is 1. The predicted molar refractivity (Wildman–Crippen MR) is 108 cm³/mol. The lowest BCUT2D eigenvalue weighted by molar-refractivity contribution is -0.118. The van der Waals surface area contributed by atoms with Crippen molar-refractivity contribution in [3.05, 3.63) is 58.4 Å². The molecule has 0 saturated heterocycles. The second-order valence-corrected chi connectivity index (χ2v) is 7.12. The molecule has 0 fully saturated rings. The molecular formula is C20H21N3O3S. The quantitative estimate of drug-likeness (QED) is 0.402. The number of nitrogens with zero attached hydrogens (tertiary/aromatic N) is 2. The molecule has 2 aromatic carbocycles. The van der Waals surface area contributed by atoms with Crippen molar-refractivity contribution in [2.75, 3.05) is 19.4 Å². The van der Waals surface area contributed by atoms with Crippen molar-refractivity contribution < 1.29 is 9.53 Å².